The first-order chi connectivity index (χ1) is 8.73. The molecule has 2 saturated heterocycles. The number of esters is 1. The van der Waals surface area contributed by atoms with Gasteiger partial charge in [0.1, 0.15) is 6.04 Å². The quantitative estimate of drug-likeness (QED) is 0.716. The fraction of sp³-hybridized carbons (Fsp3) is 0.923. The molecule has 3 atom stereocenters. The lowest BCUT2D eigenvalue weighted by Gasteiger charge is -2.30. The van der Waals surface area contributed by atoms with Gasteiger partial charge in [-0.15, -0.1) is 0 Å². The number of nitrogens with zero attached hydrogens (tertiary/aromatic N) is 1. The molecule has 0 radical (unpaired) electrons. The van der Waals surface area contributed by atoms with Crippen LogP contribution in [0.2, 0.25) is 0 Å². The summed E-state index contributed by atoms with van der Waals surface area (Å²) in [6.07, 6.45) is 2.15. The van der Waals surface area contributed by atoms with Crippen LogP contribution in [0.1, 0.15) is 19.8 Å². The molecule has 3 rings (SSSR count). The smallest absolute Gasteiger partial charge is 0.323 e. The van der Waals surface area contributed by atoms with Gasteiger partial charge < -0.3 is 14.8 Å². The summed E-state index contributed by atoms with van der Waals surface area (Å²) in [5.74, 6) is -0.0777. The molecule has 1 saturated carbocycles. The zero-order valence-electron chi connectivity index (χ0n) is 11.0. The first kappa shape index (κ1) is 12.4. The predicted octanol–water partition coefficient (Wildman–Crippen LogP) is 0.00230. The van der Waals surface area contributed by atoms with Crippen LogP contribution in [0.3, 0.4) is 0 Å². The Labute approximate surface area is 108 Å². The number of morpholine rings is 1. The molecule has 0 unspecified atom stereocenters. The van der Waals surface area contributed by atoms with Crippen molar-refractivity contribution in [2.24, 2.45) is 5.41 Å². The molecule has 3 aliphatic rings. The van der Waals surface area contributed by atoms with Gasteiger partial charge in [0.05, 0.1) is 19.8 Å². The molecule has 0 amide bonds. The predicted molar refractivity (Wildman–Crippen MR) is 66.3 cm³/mol. The number of hydrogen-bond donors (Lipinski definition) is 1. The summed E-state index contributed by atoms with van der Waals surface area (Å²) in [5, 5.41) is 3.41. The van der Waals surface area contributed by atoms with Crippen molar-refractivity contribution >= 4 is 5.97 Å². The third-order valence-electron chi connectivity index (χ3n) is 4.42. The number of carbonyl (C=O) groups excluding carboxylic acids is 1. The van der Waals surface area contributed by atoms with E-state index in [-0.39, 0.29) is 12.0 Å². The van der Waals surface area contributed by atoms with E-state index < -0.39 is 0 Å². The van der Waals surface area contributed by atoms with Crippen molar-refractivity contribution < 1.29 is 14.3 Å². The van der Waals surface area contributed by atoms with Crippen LogP contribution in [0.15, 0.2) is 0 Å². The number of ether oxygens (including phenoxy) is 2. The maximum absolute atomic E-state index is 11.7. The largest absolute Gasteiger partial charge is 0.465 e. The van der Waals surface area contributed by atoms with E-state index in [0.29, 0.717) is 18.1 Å². The molecule has 102 valence electrons. The van der Waals surface area contributed by atoms with Gasteiger partial charge in [-0.2, -0.15) is 0 Å². The van der Waals surface area contributed by atoms with Crippen molar-refractivity contribution in [3.8, 4) is 0 Å². The Hall–Kier alpha value is -0.650. The van der Waals surface area contributed by atoms with Crippen molar-refractivity contribution in [1.82, 2.24) is 10.2 Å². The zero-order valence-corrected chi connectivity index (χ0v) is 11.0. The second kappa shape index (κ2) is 4.79. The Bertz CT molecular complexity index is 330. The summed E-state index contributed by atoms with van der Waals surface area (Å²) in [4.78, 5) is 14.2. The Morgan fingerprint density at radius 2 is 2.22 bits per heavy atom. The van der Waals surface area contributed by atoms with E-state index in [1.165, 1.54) is 6.42 Å². The fourth-order valence-corrected chi connectivity index (χ4v) is 3.36. The number of carbonyl (C=O) groups is 1. The van der Waals surface area contributed by atoms with Crippen molar-refractivity contribution in [3.63, 3.8) is 0 Å². The average molecular weight is 254 g/mol. The minimum absolute atomic E-state index is 0.0777. The molecule has 0 aromatic carbocycles. The number of rotatable bonds is 4. The SMILES string of the molecule is CCOC(=O)[C@@H]1C[C@]2(CN3CCOCC3)C[C@@H]2N1. The summed E-state index contributed by atoms with van der Waals surface area (Å²) in [7, 11) is 0. The zero-order chi connectivity index (χ0) is 12.6. The van der Waals surface area contributed by atoms with Crippen molar-refractivity contribution in [2.45, 2.75) is 31.8 Å². The third kappa shape index (κ3) is 2.27. The molecular formula is C13H22N2O3. The fourth-order valence-electron chi connectivity index (χ4n) is 3.36. The first-order valence-corrected chi connectivity index (χ1v) is 6.96. The van der Waals surface area contributed by atoms with Gasteiger partial charge >= 0.3 is 5.97 Å². The maximum Gasteiger partial charge on any atom is 0.323 e. The topological polar surface area (TPSA) is 50.8 Å². The third-order valence-corrected chi connectivity index (χ3v) is 4.42. The molecule has 2 heterocycles. The standard InChI is InChI=1S/C13H22N2O3/c1-2-18-12(16)10-7-13(8-11(13)14-10)9-15-3-5-17-6-4-15/h10-11,14H,2-9H2,1H3/t10-,11-,13+/m0/s1. The maximum atomic E-state index is 11.7. The highest BCUT2D eigenvalue weighted by Gasteiger charge is 2.62. The Balaban J connectivity index is 1.53. The highest BCUT2D eigenvalue weighted by Crippen LogP contribution is 2.55. The van der Waals surface area contributed by atoms with Crippen molar-refractivity contribution in [1.29, 1.82) is 0 Å². The lowest BCUT2D eigenvalue weighted by atomic mass is 9.99. The van der Waals surface area contributed by atoms with Crippen LogP contribution in [-0.4, -0.2) is 62.4 Å². The van der Waals surface area contributed by atoms with E-state index in [9.17, 15) is 4.79 Å². The van der Waals surface area contributed by atoms with E-state index in [1.54, 1.807) is 0 Å². The van der Waals surface area contributed by atoms with Crippen LogP contribution >= 0.6 is 0 Å². The van der Waals surface area contributed by atoms with Gasteiger partial charge in [-0.3, -0.25) is 9.69 Å². The normalized spacial score (nSPS) is 39.4. The van der Waals surface area contributed by atoms with Gasteiger partial charge in [-0.25, -0.2) is 0 Å². The van der Waals surface area contributed by atoms with Gasteiger partial charge in [-0.1, -0.05) is 0 Å². The van der Waals surface area contributed by atoms with E-state index in [0.717, 1.165) is 39.3 Å². The van der Waals surface area contributed by atoms with E-state index >= 15 is 0 Å². The Kier molecular flexibility index (Phi) is 3.30. The second-order valence-electron chi connectivity index (χ2n) is 5.68. The molecule has 1 aliphatic carbocycles. The molecule has 0 bridgehead atoms. The summed E-state index contributed by atoms with van der Waals surface area (Å²) in [6.45, 7) is 7.17. The summed E-state index contributed by atoms with van der Waals surface area (Å²) >= 11 is 0. The first-order valence-electron chi connectivity index (χ1n) is 6.96. The van der Waals surface area contributed by atoms with Crippen LogP contribution in [0, 0.1) is 5.41 Å². The van der Waals surface area contributed by atoms with E-state index in [4.69, 9.17) is 9.47 Å². The number of nitrogens with one attached hydrogen (secondary N) is 1. The lowest BCUT2D eigenvalue weighted by Crippen LogP contribution is -2.40. The number of fused-ring (bicyclic) bond motifs is 1. The van der Waals surface area contributed by atoms with Crippen molar-refractivity contribution in [2.75, 3.05) is 39.5 Å². The second-order valence-corrected chi connectivity index (χ2v) is 5.68. The summed E-state index contributed by atoms with van der Waals surface area (Å²) in [5.41, 5.74) is 0.328. The minimum atomic E-state index is -0.0789. The Morgan fingerprint density at radius 3 is 2.94 bits per heavy atom. The van der Waals surface area contributed by atoms with Crippen LogP contribution in [0.5, 0.6) is 0 Å². The summed E-state index contributed by atoms with van der Waals surface area (Å²) in [6, 6.07) is 0.444. The average Bonchev–Trinajstić information content (AvgIpc) is 2.91. The van der Waals surface area contributed by atoms with Gasteiger partial charge in [0, 0.05) is 31.1 Å². The van der Waals surface area contributed by atoms with Crippen LogP contribution < -0.4 is 5.32 Å². The number of piperidine rings is 1. The minimum Gasteiger partial charge on any atom is -0.465 e. The molecule has 3 fully saturated rings. The molecule has 0 aromatic rings. The highest BCUT2D eigenvalue weighted by atomic mass is 16.5. The highest BCUT2D eigenvalue weighted by molar-refractivity contribution is 5.77. The van der Waals surface area contributed by atoms with Gasteiger partial charge in [0.25, 0.3) is 0 Å². The molecule has 2 aliphatic heterocycles. The van der Waals surface area contributed by atoms with Gasteiger partial charge in [0.15, 0.2) is 0 Å². The van der Waals surface area contributed by atoms with E-state index in [2.05, 4.69) is 10.2 Å². The van der Waals surface area contributed by atoms with Gasteiger partial charge in [-0.05, 0) is 19.8 Å². The monoisotopic (exact) mass is 254 g/mol. The van der Waals surface area contributed by atoms with Crippen LogP contribution in [-0.2, 0) is 14.3 Å². The van der Waals surface area contributed by atoms with Crippen molar-refractivity contribution in [3.05, 3.63) is 0 Å². The molecule has 0 aromatic heterocycles. The molecule has 18 heavy (non-hydrogen) atoms. The molecule has 0 spiro atoms. The molecule has 5 nitrogen and oxygen atoms in total. The van der Waals surface area contributed by atoms with Gasteiger partial charge in [0.2, 0.25) is 0 Å². The molecular weight excluding hydrogens is 232 g/mol. The van der Waals surface area contributed by atoms with Crippen LogP contribution in [0.25, 0.3) is 0 Å². The molecule has 5 heteroatoms. The Morgan fingerprint density at radius 1 is 1.44 bits per heavy atom. The molecule has 1 N–H and O–H groups in total. The van der Waals surface area contributed by atoms with Crippen LogP contribution in [0.4, 0.5) is 0 Å². The summed E-state index contributed by atoms with van der Waals surface area (Å²) < 4.78 is 10.5. The number of hydrogen-bond acceptors (Lipinski definition) is 5. The lowest BCUT2D eigenvalue weighted by molar-refractivity contribution is -0.145. The van der Waals surface area contributed by atoms with E-state index in [1.807, 2.05) is 6.92 Å².